The molecule has 0 fully saturated rings. The number of hydrogen-bond acceptors (Lipinski definition) is 2. The molecule has 0 radical (unpaired) electrons. The van der Waals surface area contributed by atoms with E-state index in [0.717, 1.165) is 25.3 Å². The maximum atomic E-state index is 5.92. The zero-order chi connectivity index (χ0) is 12.3. The maximum absolute atomic E-state index is 5.92. The van der Waals surface area contributed by atoms with Crippen LogP contribution in [0.2, 0.25) is 0 Å². The van der Waals surface area contributed by atoms with E-state index >= 15 is 0 Å². The number of nitrogens with one attached hydrogen (secondary N) is 1. The minimum absolute atomic E-state index is 0.336. The molecule has 0 bridgehead atoms. The molecule has 1 N–H and O–H groups in total. The van der Waals surface area contributed by atoms with Gasteiger partial charge in [-0.1, -0.05) is 32.9 Å². The third-order valence-electron chi connectivity index (χ3n) is 3.15. The molecule has 1 aromatic carbocycles. The lowest BCUT2D eigenvalue weighted by Gasteiger charge is -2.23. The molecule has 0 aliphatic carbocycles. The standard InChI is InChI=1S/C15H23NO/c1-15(2,3)9-11-17-13-8-4-6-12-7-5-10-16-14(12)13/h4,6,8,16H,5,7,9-11H2,1-3H3. The Morgan fingerprint density at radius 3 is 2.88 bits per heavy atom. The SMILES string of the molecule is CC(C)(C)CCOc1cccc2c1NCCC2. The predicted molar refractivity (Wildman–Crippen MR) is 72.8 cm³/mol. The van der Waals surface area contributed by atoms with Gasteiger partial charge < -0.3 is 10.1 Å². The molecule has 1 aliphatic heterocycles. The van der Waals surface area contributed by atoms with Gasteiger partial charge in [0, 0.05) is 6.54 Å². The monoisotopic (exact) mass is 233 g/mol. The van der Waals surface area contributed by atoms with Crippen molar-refractivity contribution in [2.45, 2.75) is 40.0 Å². The summed E-state index contributed by atoms with van der Waals surface area (Å²) in [5.74, 6) is 1.02. The van der Waals surface area contributed by atoms with Crippen LogP contribution >= 0.6 is 0 Å². The summed E-state index contributed by atoms with van der Waals surface area (Å²) >= 11 is 0. The fourth-order valence-corrected chi connectivity index (χ4v) is 2.07. The molecular weight excluding hydrogens is 210 g/mol. The highest BCUT2D eigenvalue weighted by Gasteiger charge is 2.14. The Balaban J connectivity index is 2.01. The van der Waals surface area contributed by atoms with Crippen LogP contribution in [0, 0.1) is 5.41 Å². The first-order valence-corrected chi connectivity index (χ1v) is 6.55. The normalized spacial score (nSPS) is 15.0. The molecule has 2 rings (SSSR count). The molecule has 94 valence electrons. The van der Waals surface area contributed by atoms with E-state index < -0.39 is 0 Å². The molecule has 0 aromatic heterocycles. The van der Waals surface area contributed by atoms with Gasteiger partial charge >= 0.3 is 0 Å². The summed E-state index contributed by atoms with van der Waals surface area (Å²) in [6, 6.07) is 6.36. The van der Waals surface area contributed by atoms with Gasteiger partial charge in [-0.15, -0.1) is 0 Å². The van der Waals surface area contributed by atoms with Crippen LogP contribution in [-0.4, -0.2) is 13.2 Å². The second-order valence-corrected chi connectivity index (χ2v) is 5.98. The van der Waals surface area contributed by atoms with E-state index in [2.05, 4.69) is 44.3 Å². The Kier molecular flexibility index (Phi) is 3.60. The lowest BCUT2D eigenvalue weighted by atomic mass is 9.93. The van der Waals surface area contributed by atoms with Crippen molar-refractivity contribution < 1.29 is 4.74 Å². The summed E-state index contributed by atoms with van der Waals surface area (Å²) in [6.07, 6.45) is 3.47. The van der Waals surface area contributed by atoms with E-state index in [1.54, 1.807) is 0 Å². The van der Waals surface area contributed by atoms with Crippen LogP contribution in [0.4, 0.5) is 5.69 Å². The second kappa shape index (κ2) is 4.99. The van der Waals surface area contributed by atoms with Crippen molar-refractivity contribution in [3.8, 4) is 5.75 Å². The molecule has 0 spiro atoms. The Bertz CT molecular complexity index is 379. The number of hydrogen-bond donors (Lipinski definition) is 1. The number of anilines is 1. The lowest BCUT2D eigenvalue weighted by Crippen LogP contribution is -2.15. The van der Waals surface area contributed by atoms with Gasteiger partial charge in [0.25, 0.3) is 0 Å². The van der Waals surface area contributed by atoms with Gasteiger partial charge in [-0.3, -0.25) is 0 Å². The quantitative estimate of drug-likeness (QED) is 0.856. The molecule has 17 heavy (non-hydrogen) atoms. The first kappa shape index (κ1) is 12.3. The van der Waals surface area contributed by atoms with E-state index in [4.69, 9.17) is 4.74 Å². The van der Waals surface area contributed by atoms with Gasteiger partial charge in [0.1, 0.15) is 5.75 Å². The molecular formula is C15H23NO. The largest absolute Gasteiger partial charge is 0.491 e. The van der Waals surface area contributed by atoms with Gasteiger partial charge in [0.05, 0.1) is 12.3 Å². The molecule has 2 nitrogen and oxygen atoms in total. The Hall–Kier alpha value is -1.18. The van der Waals surface area contributed by atoms with Crippen molar-refractivity contribution in [2.75, 3.05) is 18.5 Å². The van der Waals surface area contributed by atoms with Crippen LogP contribution in [0.25, 0.3) is 0 Å². The van der Waals surface area contributed by atoms with E-state index in [1.807, 2.05) is 0 Å². The Morgan fingerprint density at radius 2 is 2.12 bits per heavy atom. The molecule has 0 saturated carbocycles. The fourth-order valence-electron chi connectivity index (χ4n) is 2.07. The number of ether oxygens (including phenoxy) is 1. The van der Waals surface area contributed by atoms with E-state index in [1.165, 1.54) is 24.1 Å². The third kappa shape index (κ3) is 3.39. The second-order valence-electron chi connectivity index (χ2n) is 5.98. The first-order chi connectivity index (χ1) is 8.06. The third-order valence-corrected chi connectivity index (χ3v) is 3.15. The number of benzene rings is 1. The van der Waals surface area contributed by atoms with Crippen molar-refractivity contribution in [3.63, 3.8) is 0 Å². The van der Waals surface area contributed by atoms with Crippen molar-refractivity contribution in [1.29, 1.82) is 0 Å². The van der Waals surface area contributed by atoms with Gasteiger partial charge in [-0.2, -0.15) is 0 Å². The highest BCUT2D eigenvalue weighted by Crippen LogP contribution is 2.32. The van der Waals surface area contributed by atoms with Crippen LogP contribution < -0.4 is 10.1 Å². The van der Waals surface area contributed by atoms with Gasteiger partial charge in [-0.25, -0.2) is 0 Å². The van der Waals surface area contributed by atoms with Crippen molar-refractivity contribution in [1.82, 2.24) is 0 Å². The minimum atomic E-state index is 0.336. The average molecular weight is 233 g/mol. The molecule has 0 atom stereocenters. The van der Waals surface area contributed by atoms with E-state index in [0.29, 0.717) is 5.41 Å². The lowest BCUT2D eigenvalue weighted by molar-refractivity contribution is 0.243. The highest BCUT2D eigenvalue weighted by molar-refractivity contribution is 5.63. The fraction of sp³-hybridized carbons (Fsp3) is 0.600. The average Bonchev–Trinajstić information content (AvgIpc) is 2.28. The Morgan fingerprint density at radius 1 is 1.29 bits per heavy atom. The number of aryl methyl sites for hydroxylation is 1. The summed E-state index contributed by atoms with van der Waals surface area (Å²) in [6.45, 7) is 8.59. The molecule has 0 saturated heterocycles. The summed E-state index contributed by atoms with van der Waals surface area (Å²) in [7, 11) is 0. The summed E-state index contributed by atoms with van der Waals surface area (Å²) in [5, 5.41) is 3.45. The number of para-hydroxylation sites is 1. The van der Waals surface area contributed by atoms with Crippen LogP contribution in [0.1, 0.15) is 39.2 Å². The first-order valence-electron chi connectivity index (χ1n) is 6.55. The highest BCUT2D eigenvalue weighted by atomic mass is 16.5. The van der Waals surface area contributed by atoms with Gasteiger partial charge in [-0.05, 0) is 36.3 Å². The molecule has 0 unspecified atom stereocenters. The molecule has 1 heterocycles. The van der Waals surface area contributed by atoms with Crippen molar-refractivity contribution in [2.24, 2.45) is 5.41 Å². The predicted octanol–water partition coefficient (Wildman–Crippen LogP) is 3.86. The number of rotatable bonds is 3. The minimum Gasteiger partial charge on any atom is -0.491 e. The summed E-state index contributed by atoms with van der Waals surface area (Å²) in [4.78, 5) is 0. The maximum Gasteiger partial charge on any atom is 0.142 e. The smallest absolute Gasteiger partial charge is 0.142 e. The molecule has 0 amide bonds. The topological polar surface area (TPSA) is 21.3 Å². The zero-order valence-electron chi connectivity index (χ0n) is 11.2. The van der Waals surface area contributed by atoms with Crippen LogP contribution in [-0.2, 0) is 6.42 Å². The number of fused-ring (bicyclic) bond motifs is 1. The van der Waals surface area contributed by atoms with E-state index in [9.17, 15) is 0 Å². The van der Waals surface area contributed by atoms with Gasteiger partial charge in [0.15, 0.2) is 0 Å². The molecule has 2 heteroatoms. The van der Waals surface area contributed by atoms with Crippen molar-refractivity contribution >= 4 is 5.69 Å². The van der Waals surface area contributed by atoms with Gasteiger partial charge in [0.2, 0.25) is 0 Å². The van der Waals surface area contributed by atoms with Crippen LogP contribution in [0.5, 0.6) is 5.75 Å². The molecule has 1 aliphatic rings. The summed E-state index contributed by atoms with van der Waals surface area (Å²) < 4.78 is 5.92. The summed E-state index contributed by atoms with van der Waals surface area (Å²) in [5.41, 5.74) is 2.94. The van der Waals surface area contributed by atoms with Crippen LogP contribution in [0.3, 0.4) is 0 Å². The van der Waals surface area contributed by atoms with Crippen molar-refractivity contribution in [3.05, 3.63) is 23.8 Å². The van der Waals surface area contributed by atoms with Crippen LogP contribution in [0.15, 0.2) is 18.2 Å². The van der Waals surface area contributed by atoms with E-state index in [-0.39, 0.29) is 0 Å². The zero-order valence-corrected chi connectivity index (χ0v) is 11.2. The molecule has 1 aromatic rings. The Labute approximate surface area is 104 Å².